The van der Waals surface area contributed by atoms with Gasteiger partial charge in [0.2, 0.25) is 5.89 Å². The summed E-state index contributed by atoms with van der Waals surface area (Å²) in [6.45, 7) is 0. The van der Waals surface area contributed by atoms with E-state index in [0.29, 0.717) is 5.89 Å². The van der Waals surface area contributed by atoms with Crippen molar-refractivity contribution in [2.45, 2.75) is 0 Å². The van der Waals surface area contributed by atoms with Crippen LogP contribution in [0.25, 0.3) is 72.6 Å². The summed E-state index contributed by atoms with van der Waals surface area (Å²) in [4.78, 5) is 14.0. The van der Waals surface area contributed by atoms with Crippen LogP contribution in [0.5, 0.6) is 0 Å². The number of pyridine rings is 1. The van der Waals surface area contributed by atoms with Crippen molar-refractivity contribution in [2.24, 2.45) is 7.05 Å². The van der Waals surface area contributed by atoms with E-state index in [9.17, 15) is 0 Å². The summed E-state index contributed by atoms with van der Waals surface area (Å²) in [6, 6.07) is 35.6. The molecule has 4 aromatic carbocycles. The van der Waals surface area contributed by atoms with Gasteiger partial charge in [0, 0.05) is 46.4 Å². The molecule has 0 saturated carbocycles. The summed E-state index contributed by atoms with van der Waals surface area (Å²) in [5, 5.41) is 2.22. The van der Waals surface area contributed by atoms with Gasteiger partial charge in [-0.3, -0.25) is 4.98 Å². The van der Waals surface area contributed by atoms with E-state index in [1.54, 1.807) is 12.5 Å². The quantitative estimate of drug-likeness (QED) is 0.237. The van der Waals surface area contributed by atoms with Crippen LogP contribution in [-0.4, -0.2) is 24.1 Å². The molecule has 0 atom stereocenters. The third kappa shape index (κ3) is 3.39. The fourth-order valence-electron chi connectivity index (χ4n) is 5.76. The SMILES string of the molecule is Cn1c(-c2ccc3c4c(-c5ncco5)cccc4n(-c4cccc(-c5ccccn5)c4)c3c2)nc2ccccc21. The lowest BCUT2D eigenvalue weighted by atomic mass is 10.0. The summed E-state index contributed by atoms with van der Waals surface area (Å²) in [7, 11) is 2.07. The zero-order valence-electron chi connectivity index (χ0n) is 21.7. The van der Waals surface area contributed by atoms with Gasteiger partial charge in [0.25, 0.3) is 0 Å². The third-order valence-corrected chi connectivity index (χ3v) is 7.56. The predicted molar refractivity (Wildman–Crippen MR) is 159 cm³/mol. The van der Waals surface area contributed by atoms with Crippen molar-refractivity contribution >= 4 is 32.8 Å². The fourth-order valence-corrected chi connectivity index (χ4v) is 5.76. The van der Waals surface area contributed by atoms with E-state index >= 15 is 0 Å². The molecule has 0 unspecified atom stereocenters. The van der Waals surface area contributed by atoms with Gasteiger partial charge in [0.1, 0.15) is 12.1 Å². The molecule has 4 aromatic heterocycles. The number of fused-ring (bicyclic) bond motifs is 4. The van der Waals surface area contributed by atoms with Gasteiger partial charge in [-0.05, 0) is 54.6 Å². The monoisotopic (exact) mass is 517 g/mol. The van der Waals surface area contributed by atoms with Crippen LogP contribution in [-0.2, 0) is 7.05 Å². The maximum atomic E-state index is 5.77. The molecule has 8 rings (SSSR count). The summed E-state index contributed by atoms with van der Waals surface area (Å²) in [5.74, 6) is 1.53. The molecule has 0 aliphatic heterocycles. The van der Waals surface area contributed by atoms with Crippen LogP contribution < -0.4 is 0 Å². The van der Waals surface area contributed by atoms with E-state index in [1.807, 2.05) is 36.5 Å². The van der Waals surface area contributed by atoms with E-state index in [1.165, 1.54) is 0 Å². The molecular formula is C34H23N5O. The first-order valence-corrected chi connectivity index (χ1v) is 13.2. The molecule has 0 fully saturated rings. The first kappa shape index (κ1) is 22.5. The Morgan fingerprint density at radius 1 is 0.675 bits per heavy atom. The van der Waals surface area contributed by atoms with Gasteiger partial charge in [-0.25, -0.2) is 9.97 Å². The highest BCUT2D eigenvalue weighted by molar-refractivity contribution is 6.15. The van der Waals surface area contributed by atoms with Gasteiger partial charge in [-0.2, -0.15) is 0 Å². The average molecular weight is 518 g/mol. The Balaban J connectivity index is 1.44. The van der Waals surface area contributed by atoms with Gasteiger partial charge in [0.15, 0.2) is 0 Å². The molecule has 0 amide bonds. The number of nitrogens with zero attached hydrogens (tertiary/aromatic N) is 5. The van der Waals surface area contributed by atoms with Gasteiger partial charge < -0.3 is 13.6 Å². The summed E-state index contributed by atoms with van der Waals surface area (Å²) in [5.41, 5.74) is 9.30. The molecule has 0 aliphatic rings. The molecule has 0 radical (unpaired) electrons. The number of oxazole rings is 1. The number of aryl methyl sites for hydroxylation is 1. The first-order valence-electron chi connectivity index (χ1n) is 13.2. The summed E-state index contributed by atoms with van der Waals surface area (Å²) in [6.07, 6.45) is 5.13. The molecule has 0 saturated heterocycles. The number of para-hydroxylation sites is 2. The molecule has 190 valence electrons. The van der Waals surface area contributed by atoms with Crippen LogP contribution in [0.1, 0.15) is 0 Å². The molecule has 40 heavy (non-hydrogen) atoms. The molecule has 6 heteroatoms. The Bertz CT molecular complexity index is 2170. The van der Waals surface area contributed by atoms with Crippen LogP contribution in [0.2, 0.25) is 0 Å². The van der Waals surface area contributed by atoms with E-state index in [4.69, 9.17) is 9.40 Å². The fraction of sp³-hybridized carbons (Fsp3) is 0.0294. The van der Waals surface area contributed by atoms with Crippen molar-refractivity contribution in [3.05, 3.63) is 122 Å². The minimum Gasteiger partial charge on any atom is -0.445 e. The second-order valence-corrected chi connectivity index (χ2v) is 9.85. The van der Waals surface area contributed by atoms with Crippen LogP contribution in [0.3, 0.4) is 0 Å². The number of imidazole rings is 1. The lowest BCUT2D eigenvalue weighted by Gasteiger charge is -2.11. The normalized spacial score (nSPS) is 11.6. The van der Waals surface area contributed by atoms with E-state index in [0.717, 1.165) is 66.7 Å². The Kier molecular flexibility index (Phi) is 4.94. The number of aromatic nitrogens is 5. The second-order valence-electron chi connectivity index (χ2n) is 9.85. The summed E-state index contributed by atoms with van der Waals surface area (Å²) >= 11 is 0. The van der Waals surface area contributed by atoms with Crippen molar-refractivity contribution in [1.82, 2.24) is 24.1 Å². The molecule has 0 bridgehead atoms. The smallest absolute Gasteiger partial charge is 0.226 e. The molecular weight excluding hydrogens is 494 g/mol. The minimum absolute atomic E-state index is 0.603. The maximum Gasteiger partial charge on any atom is 0.226 e. The van der Waals surface area contributed by atoms with Crippen LogP contribution >= 0.6 is 0 Å². The topological polar surface area (TPSA) is 61.7 Å². The van der Waals surface area contributed by atoms with Crippen molar-refractivity contribution < 1.29 is 4.42 Å². The molecule has 0 N–H and O–H groups in total. The van der Waals surface area contributed by atoms with Crippen molar-refractivity contribution in [1.29, 1.82) is 0 Å². The van der Waals surface area contributed by atoms with Gasteiger partial charge in [-0.15, -0.1) is 0 Å². The maximum absolute atomic E-state index is 5.77. The van der Waals surface area contributed by atoms with E-state index < -0.39 is 0 Å². The number of rotatable bonds is 4. The van der Waals surface area contributed by atoms with E-state index in [-0.39, 0.29) is 0 Å². The molecule has 0 aliphatic carbocycles. The lowest BCUT2D eigenvalue weighted by Crippen LogP contribution is -1.96. The van der Waals surface area contributed by atoms with Gasteiger partial charge >= 0.3 is 0 Å². The highest BCUT2D eigenvalue weighted by Crippen LogP contribution is 2.40. The number of hydrogen-bond donors (Lipinski definition) is 0. The third-order valence-electron chi connectivity index (χ3n) is 7.56. The Labute approximate surface area is 229 Å². The average Bonchev–Trinajstić information content (AvgIpc) is 3.74. The van der Waals surface area contributed by atoms with Crippen LogP contribution in [0, 0.1) is 0 Å². The highest BCUT2D eigenvalue weighted by Gasteiger charge is 2.20. The predicted octanol–water partition coefficient (Wildman–Crippen LogP) is 8.05. The first-order chi connectivity index (χ1) is 19.8. The molecule has 0 spiro atoms. The second kappa shape index (κ2) is 8.78. The zero-order chi connectivity index (χ0) is 26.6. The summed E-state index contributed by atoms with van der Waals surface area (Å²) < 4.78 is 10.2. The minimum atomic E-state index is 0.603. The number of benzene rings is 4. The van der Waals surface area contributed by atoms with Crippen LogP contribution in [0.4, 0.5) is 0 Å². The van der Waals surface area contributed by atoms with Crippen molar-refractivity contribution in [3.63, 3.8) is 0 Å². The van der Waals surface area contributed by atoms with E-state index in [2.05, 4.69) is 98.9 Å². The Morgan fingerprint density at radius 3 is 2.40 bits per heavy atom. The highest BCUT2D eigenvalue weighted by atomic mass is 16.3. The molecule has 6 nitrogen and oxygen atoms in total. The van der Waals surface area contributed by atoms with Crippen molar-refractivity contribution in [2.75, 3.05) is 0 Å². The Hall–Kier alpha value is -5.49. The van der Waals surface area contributed by atoms with Crippen LogP contribution in [0.15, 0.2) is 126 Å². The van der Waals surface area contributed by atoms with Crippen molar-refractivity contribution in [3.8, 4) is 39.8 Å². The van der Waals surface area contributed by atoms with Gasteiger partial charge in [-0.1, -0.05) is 48.5 Å². The zero-order valence-corrected chi connectivity index (χ0v) is 21.7. The molecule has 4 heterocycles. The lowest BCUT2D eigenvalue weighted by molar-refractivity contribution is 0.575. The standard InChI is InChI=1S/C34H23N5O/c1-38-29-13-3-2-12-28(29)37-33(38)23-15-16-25-31(21-23)39(24-9-6-8-22(20-24)27-11-4-5-17-35-27)30-14-7-10-26(32(25)30)34-36-18-19-40-34/h2-21H,1H3. The largest absolute Gasteiger partial charge is 0.445 e. The van der Waals surface area contributed by atoms with Gasteiger partial charge in [0.05, 0.1) is 34.0 Å². The molecule has 8 aromatic rings. The number of hydrogen-bond acceptors (Lipinski definition) is 4. The Morgan fingerprint density at radius 2 is 1.55 bits per heavy atom.